The summed E-state index contributed by atoms with van der Waals surface area (Å²) in [6.07, 6.45) is 4.44. The summed E-state index contributed by atoms with van der Waals surface area (Å²) in [5.74, 6) is -0.268. The van der Waals surface area contributed by atoms with E-state index in [0.29, 0.717) is 29.7 Å². The lowest BCUT2D eigenvalue weighted by Gasteiger charge is -2.16. The van der Waals surface area contributed by atoms with Gasteiger partial charge < -0.3 is 5.32 Å². The van der Waals surface area contributed by atoms with Gasteiger partial charge in [0, 0.05) is 35.2 Å². The van der Waals surface area contributed by atoms with Crippen LogP contribution in [0.3, 0.4) is 0 Å². The maximum atomic E-state index is 12.7. The molecule has 1 N–H and O–H groups in total. The number of aromatic nitrogens is 1. The van der Waals surface area contributed by atoms with E-state index in [-0.39, 0.29) is 10.8 Å². The van der Waals surface area contributed by atoms with Crippen LogP contribution < -0.4 is 5.32 Å². The Morgan fingerprint density at radius 2 is 2.04 bits per heavy atom. The van der Waals surface area contributed by atoms with E-state index in [2.05, 4.69) is 26.2 Å². The van der Waals surface area contributed by atoms with E-state index in [4.69, 9.17) is 0 Å². The normalized spacial score (nSPS) is 15.1. The first-order chi connectivity index (χ1) is 13.4. The van der Waals surface area contributed by atoms with Crippen molar-refractivity contribution in [3.63, 3.8) is 0 Å². The van der Waals surface area contributed by atoms with E-state index in [9.17, 15) is 13.2 Å². The van der Waals surface area contributed by atoms with Gasteiger partial charge in [-0.25, -0.2) is 13.4 Å². The summed E-state index contributed by atoms with van der Waals surface area (Å²) in [4.78, 5) is 17.1. The molecule has 1 aromatic carbocycles. The second kappa shape index (κ2) is 9.47. The van der Waals surface area contributed by atoms with E-state index < -0.39 is 10.0 Å². The molecule has 6 nitrogen and oxygen atoms in total. The summed E-state index contributed by atoms with van der Waals surface area (Å²) in [6.45, 7) is 3.60. The fourth-order valence-electron chi connectivity index (χ4n) is 3.13. The van der Waals surface area contributed by atoms with Gasteiger partial charge in [-0.1, -0.05) is 0 Å². The number of amides is 1. The van der Waals surface area contributed by atoms with Crippen LogP contribution in [0.25, 0.3) is 0 Å². The molecule has 0 aliphatic carbocycles. The first-order valence-corrected chi connectivity index (χ1v) is 12.5. The summed E-state index contributed by atoms with van der Waals surface area (Å²) in [6, 6.07) is 4.64. The topological polar surface area (TPSA) is 79.4 Å². The number of nitrogens with zero attached hydrogens (tertiary/aromatic N) is 2. The van der Waals surface area contributed by atoms with E-state index >= 15 is 0 Å². The predicted octanol–water partition coefficient (Wildman–Crippen LogP) is 3.75. The first kappa shape index (κ1) is 21.4. The number of rotatable bonds is 8. The minimum absolute atomic E-state index is 0.168. The van der Waals surface area contributed by atoms with Gasteiger partial charge in [-0.15, -0.1) is 11.3 Å². The molecule has 0 radical (unpaired) electrons. The zero-order chi connectivity index (χ0) is 20.1. The van der Waals surface area contributed by atoms with Crippen molar-refractivity contribution in [3.05, 3.63) is 44.3 Å². The largest absolute Gasteiger partial charge is 0.352 e. The Kier molecular flexibility index (Phi) is 7.25. The van der Waals surface area contributed by atoms with Crippen LogP contribution in [-0.2, 0) is 16.4 Å². The first-order valence-electron chi connectivity index (χ1n) is 9.37. The summed E-state index contributed by atoms with van der Waals surface area (Å²) in [5.41, 5.74) is 1.39. The van der Waals surface area contributed by atoms with Crippen molar-refractivity contribution in [3.8, 4) is 0 Å². The maximum Gasteiger partial charge on any atom is 0.252 e. The van der Waals surface area contributed by atoms with Crippen molar-refractivity contribution in [1.29, 1.82) is 0 Å². The van der Waals surface area contributed by atoms with Crippen LogP contribution in [0, 0.1) is 6.92 Å². The molecule has 1 amide bonds. The number of aryl methyl sites for hydroxylation is 2. The highest BCUT2D eigenvalue weighted by atomic mass is 79.9. The van der Waals surface area contributed by atoms with Crippen LogP contribution in [0.1, 0.15) is 46.7 Å². The number of carbonyl (C=O) groups excluding carboxylic acids is 1. The molecule has 9 heteroatoms. The lowest BCUT2D eigenvalue weighted by Crippen LogP contribution is -2.29. The molecule has 3 rings (SSSR count). The van der Waals surface area contributed by atoms with Gasteiger partial charge >= 0.3 is 0 Å². The summed E-state index contributed by atoms with van der Waals surface area (Å²) < 4.78 is 27.5. The molecular weight excluding hydrogens is 462 g/mol. The lowest BCUT2D eigenvalue weighted by atomic mass is 10.2. The van der Waals surface area contributed by atoms with Gasteiger partial charge in [0.2, 0.25) is 10.0 Å². The Morgan fingerprint density at radius 3 is 2.71 bits per heavy atom. The Morgan fingerprint density at radius 1 is 1.29 bits per heavy atom. The highest BCUT2D eigenvalue weighted by Gasteiger charge is 2.28. The number of carbonyl (C=O) groups is 1. The molecule has 1 aromatic heterocycles. The molecule has 28 heavy (non-hydrogen) atoms. The summed E-state index contributed by atoms with van der Waals surface area (Å²) in [7, 11) is -3.54. The Hall–Kier alpha value is -1.29. The van der Waals surface area contributed by atoms with E-state index in [1.807, 2.05) is 12.3 Å². The number of unbranched alkanes of at least 4 members (excludes halogenated alkanes) is 1. The highest BCUT2D eigenvalue weighted by Crippen LogP contribution is 2.25. The third kappa shape index (κ3) is 5.20. The van der Waals surface area contributed by atoms with Crippen molar-refractivity contribution in [2.45, 2.75) is 43.9 Å². The fraction of sp³-hybridized carbons (Fsp3) is 0.474. The lowest BCUT2D eigenvalue weighted by molar-refractivity contribution is 0.0952. The molecule has 2 heterocycles. The van der Waals surface area contributed by atoms with Crippen molar-refractivity contribution in [1.82, 2.24) is 14.6 Å². The zero-order valence-corrected chi connectivity index (χ0v) is 19.0. The minimum atomic E-state index is -3.54. The number of benzene rings is 1. The summed E-state index contributed by atoms with van der Waals surface area (Å²) in [5, 5.41) is 6.04. The van der Waals surface area contributed by atoms with Crippen LogP contribution >= 0.6 is 27.3 Å². The predicted molar refractivity (Wildman–Crippen MR) is 114 cm³/mol. The van der Waals surface area contributed by atoms with Gasteiger partial charge in [0.1, 0.15) is 0 Å². The van der Waals surface area contributed by atoms with Crippen molar-refractivity contribution >= 4 is 43.2 Å². The third-order valence-corrected chi connectivity index (χ3v) is 8.27. The molecule has 0 atom stereocenters. The number of halogens is 1. The van der Waals surface area contributed by atoms with Gasteiger partial charge in [-0.3, -0.25) is 4.79 Å². The molecule has 152 valence electrons. The number of sulfonamides is 1. The Bertz CT molecular complexity index is 938. The van der Waals surface area contributed by atoms with E-state index in [1.54, 1.807) is 23.5 Å². The standard InChI is InChI=1S/C19H24BrN3O3S2/c1-14-13-27-18(22-14)6-2-3-9-21-19(24)16-12-15(7-8-17(16)20)28(25,26)23-10-4-5-11-23/h7-8,12-13H,2-6,9-11H2,1H3,(H,21,24). The molecule has 2 aromatic rings. The van der Waals surface area contributed by atoms with Gasteiger partial charge in [-0.05, 0) is 73.2 Å². The van der Waals surface area contributed by atoms with Crippen molar-refractivity contribution in [2.24, 2.45) is 0 Å². The van der Waals surface area contributed by atoms with Crippen LogP contribution in [-0.4, -0.2) is 43.2 Å². The smallest absolute Gasteiger partial charge is 0.252 e. The Labute approximate surface area is 178 Å². The van der Waals surface area contributed by atoms with Gasteiger partial charge in [-0.2, -0.15) is 4.31 Å². The molecule has 0 bridgehead atoms. The number of thiazole rings is 1. The van der Waals surface area contributed by atoms with Gasteiger partial charge in [0.15, 0.2) is 0 Å². The van der Waals surface area contributed by atoms with Crippen molar-refractivity contribution < 1.29 is 13.2 Å². The molecule has 1 fully saturated rings. The van der Waals surface area contributed by atoms with E-state index in [0.717, 1.165) is 42.8 Å². The number of hydrogen-bond acceptors (Lipinski definition) is 5. The number of hydrogen-bond donors (Lipinski definition) is 1. The Balaban J connectivity index is 1.57. The second-order valence-corrected chi connectivity index (χ2v) is 10.6. The zero-order valence-electron chi connectivity index (χ0n) is 15.8. The molecule has 1 aliphatic rings. The average Bonchev–Trinajstić information content (AvgIpc) is 3.33. The monoisotopic (exact) mass is 485 g/mol. The summed E-state index contributed by atoms with van der Waals surface area (Å²) >= 11 is 5.02. The SMILES string of the molecule is Cc1csc(CCCCNC(=O)c2cc(S(=O)(=O)N3CCCC3)ccc2Br)n1. The van der Waals surface area contributed by atoms with Crippen LogP contribution in [0.15, 0.2) is 32.9 Å². The third-order valence-electron chi connectivity index (χ3n) is 4.65. The van der Waals surface area contributed by atoms with Crippen LogP contribution in [0.4, 0.5) is 0 Å². The van der Waals surface area contributed by atoms with Gasteiger partial charge in [0.25, 0.3) is 5.91 Å². The van der Waals surface area contributed by atoms with Crippen LogP contribution in [0.2, 0.25) is 0 Å². The van der Waals surface area contributed by atoms with Crippen molar-refractivity contribution in [2.75, 3.05) is 19.6 Å². The highest BCUT2D eigenvalue weighted by molar-refractivity contribution is 9.10. The van der Waals surface area contributed by atoms with Crippen LogP contribution in [0.5, 0.6) is 0 Å². The molecule has 0 unspecified atom stereocenters. The number of nitrogens with one attached hydrogen (secondary N) is 1. The second-order valence-electron chi connectivity index (χ2n) is 6.85. The molecule has 0 saturated carbocycles. The average molecular weight is 486 g/mol. The minimum Gasteiger partial charge on any atom is -0.352 e. The molecule has 0 spiro atoms. The fourth-order valence-corrected chi connectivity index (χ4v) is 5.92. The molecule has 1 aliphatic heterocycles. The molecular formula is C19H24BrN3O3S2. The quantitative estimate of drug-likeness (QED) is 0.577. The molecule has 1 saturated heterocycles. The maximum absolute atomic E-state index is 12.7. The van der Waals surface area contributed by atoms with E-state index in [1.165, 1.54) is 10.4 Å². The van der Waals surface area contributed by atoms with Gasteiger partial charge in [0.05, 0.1) is 15.5 Å².